The number of ether oxygens (including phenoxy) is 1. The van der Waals surface area contributed by atoms with Crippen molar-refractivity contribution < 1.29 is 9.13 Å². The molecule has 0 bridgehead atoms. The van der Waals surface area contributed by atoms with Crippen LogP contribution < -0.4 is 5.56 Å². The molecule has 2 aromatic heterocycles. The molecule has 0 N–H and O–H groups in total. The fourth-order valence-corrected chi connectivity index (χ4v) is 3.17. The summed E-state index contributed by atoms with van der Waals surface area (Å²) in [4.78, 5) is 16.1. The van der Waals surface area contributed by atoms with Crippen LogP contribution in [0, 0.1) is 5.82 Å². The van der Waals surface area contributed by atoms with E-state index in [0.717, 1.165) is 32.3 Å². The largest absolute Gasteiger partial charge is 0.370 e. The topological polar surface area (TPSA) is 47.4 Å². The van der Waals surface area contributed by atoms with Gasteiger partial charge in [-0.25, -0.2) is 4.39 Å². The Morgan fingerprint density at radius 2 is 2.14 bits per heavy atom. The summed E-state index contributed by atoms with van der Waals surface area (Å²) in [5.74, 6) is -0.426. The first kappa shape index (κ1) is 13.6. The van der Waals surface area contributed by atoms with E-state index in [4.69, 9.17) is 4.74 Å². The second kappa shape index (κ2) is 5.02. The van der Waals surface area contributed by atoms with Crippen LogP contribution in [0.5, 0.6) is 0 Å². The molecule has 22 heavy (non-hydrogen) atoms. The van der Waals surface area contributed by atoms with Gasteiger partial charge in [0.25, 0.3) is 5.56 Å². The molecule has 0 amide bonds. The number of nitrogens with zero attached hydrogens (tertiary/aromatic N) is 2. The zero-order chi connectivity index (χ0) is 15.2. The molecule has 1 aliphatic carbocycles. The summed E-state index contributed by atoms with van der Waals surface area (Å²) in [7, 11) is 0. The van der Waals surface area contributed by atoms with Crippen LogP contribution in [-0.4, -0.2) is 21.8 Å². The first-order chi connectivity index (χ1) is 10.7. The molecule has 2 fully saturated rings. The van der Waals surface area contributed by atoms with Crippen molar-refractivity contribution in [3.63, 3.8) is 0 Å². The Morgan fingerprint density at radius 3 is 2.86 bits per heavy atom. The highest BCUT2D eigenvalue weighted by Gasteiger charge is 2.45. The van der Waals surface area contributed by atoms with E-state index in [9.17, 15) is 9.18 Å². The number of hydrogen-bond acceptors (Lipinski definition) is 3. The van der Waals surface area contributed by atoms with Gasteiger partial charge < -0.3 is 9.30 Å². The molecule has 0 unspecified atom stereocenters. The Hall–Kier alpha value is -2.01. The van der Waals surface area contributed by atoms with Gasteiger partial charge in [-0.1, -0.05) is 11.6 Å². The predicted molar refractivity (Wildman–Crippen MR) is 81.2 cm³/mol. The van der Waals surface area contributed by atoms with Gasteiger partial charge in [-0.15, -0.1) is 0 Å². The smallest absolute Gasteiger partial charge is 0.251 e. The maximum Gasteiger partial charge on any atom is 0.251 e. The van der Waals surface area contributed by atoms with Crippen LogP contribution >= 0.6 is 0 Å². The van der Waals surface area contributed by atoms with Gasteiger partial charge in [-0.2, -0.15) is 0 Å². The lowest BCUT2D eigenvalue weighted by Crippen LogP contribution is -2.20. The molecule has 1 aliphatic heterocycles. The molecule has 1 saturated heterocycles. The van der Waals surface area contributed by atoms with Crippen LogP contribution in [0.1, 0.15) is 25.7 Å². The molecule has 2 aromatic rings. The van der Waals surface area contributed by atoms with Crippen LogP contribution in [-0.2, 0) is 11.3 Å². The zero-order valence-electron chi connectivity index (χ0n) is 12.2. The van der Waals surface area contributed by atoms with Crippen LogP contribution in [0.15, 0.2) is 40.8 Å². The molecule has 114 valence electrons. The number of pyridine rings is 2. The molecule has 3 heterocycles. The minimum atomic E-state index is -0.426. The Bertz CT molecular complexity index is 809. The number of epoxide rings is 1. The minimum absolute atomic E-state index is 0.130. The quantitative estimate of drug-likeness (QED) is 0.633. The first-order valence-corrected chi connectivity index (χ1v) is 7.62. The fourth-order valence-electron chi connectivity index (χ4n) is 3.17. The number of hydrogen-bond donors (Lipinski definition) is 0. The number of fused-ring (bicyclic) bond motifs is 1. The Morgan fingerprint density at radius 1 is 1.36 bits per heavy atom. The third-order valence-electron chi connectivity index (χ3n) is 4.72. The van der Waals surface area contributed by atoms with Crippen molar-refractivity contribution in [3.8, 4) is 0 Å². The molecular weight excluding hydrogens is 283 g/mol. The molecule has 4 rings (SSSR count). The monoisotopic (exact) mass is 300 g/mol. The average molecular weight is 300 g/mol. The predicted octanol–water partition coefficient (Wildman–Crippen LogP) is 2.81. The second-order valence-electron chi connectivity index (χ2n) is 6.17. The number of rotatable bonds is 2. The lowest BCUT2D eigenvalue weighted by molar-refractivity contribution is 0.257. The van der Waals surface area contributed by atoms with Gasteiger partial charge in [0.15, 0.2) is 0 Å². The number of allylic oxidation sites excluding steroid dienone is 2. The van der Waals surface area contributed by atoms with Crippen LogP contribution in [0.2, 0.25) is 0 Å². The maximum absolute atomic E-state index is 13.4. The fraction of sp³-hybridized carbons (Fsp3) is 0.412. The minimum Gasteiger partial charge on any atom is -0.370 e. The molecule has 4 nitrogen and oxygen atoms in total. The van der Waals surface area contributed by atoms with E-state index in [2.05, 4.69) is 11.1 Å². The van der Waals surface area contributed by atoms with Crippen molar-refractivity contribution in [2.24, 2.45) is 0 Å². The lowest BCUT2D eigenvalue weighted by atomic mass is 9.86. The molecule has 2 aliphatic rings. The molecule has 5 heteroatoms. The third kappa shape index (κ3) is 2.46. The summed E-state index contributed by atoms with van der Waals surface area (Å²) in [6.45, 7) is 1.36. The summed E-state index contributed by atoms with van der Waals surface area (Å²) < 4.78 is 20.5. The summed E-state index contributed by atoms with van der Waals surface area (Å²) in [6.07, 6.45) is 7.45. The number of halogens is 1. The SMILES string of the molecule is O=c1ccc2ncc(F)cc2n1CC=C1CCC2(CC1)CO2. The van der Waals surface area contributed by atoms with Crippen LogP contribution in [0.4, 0.5) is 4.39 Å². The Kier molecular flexibility index (Phi) is 3.11. The lowest BCUT2D eigenvalue weighted by Gasteiger charge is -2.20. The molecule has 0 aromatic carbocycles. The van der Waals surface area contributed by atoms with Gasteiger partial charge in [-0.05, 0) is 31.7 Å². The van der Waals surface area contributed by atoms with E-state index in [1.165, 1.54) is 23.9 Å². The highest BCUT2D eigenvalue weighted by atomic mass is 19.1. The standard InChI is InChI=1S/C17H17FN2O2/c18-13-9-15-14(19-10-13)1-2-16(21)20(15)8-5-12-3-6-17(7-4-12)11-22-17/h1-2,5,9-10H,3-4,6-8,11H2. The van der Waals surface area contributed by atoms with E-state index in [1.54, 1.807) is 10.6 Å². The van der Waals surface area contributed by atoms with Crippen molar-refractivity contribution in [2.75, 3.05) is 6.61 Å². The summed E-state index contributed by atoms with van der Waals surface area (Å²) in [5.41, 5.74) is 2.57. The second-order valence-corrected chi connectivity index (χ2v) is 6.17. The molecule has 0 atom stereocenters. The normalized spacial score (nSPS) is 24.0. The average Bonchev–Trinajstić information content (AvgIpc) is 3.27. The van der Waals surface area contributed by atoms with Gasteiger partial charge in [0, 0.05) is 18.7 Å². The Labute approximate surface area is 127 Å². The van der Waals surface area contributed by atoms with Gasteiger partial charge in [0.2, 0.25) is 0 Å². The Balaban J connectivity index is 1.62. The van der Waals surface area contributed by atoms with E-state index >= 15 is 0 Å². The highest BCUT2D eigenvalue weighted by Crippen LogP contribution is 2.43. The van der Waals surface area contributed by atoms with E-state index in [-0.39, 0.29) is 11.2 Å². The van der Waals surface area contributed by atoms with E-state index in [1.807, 2.05) is 0 Å². The van der Waals surface area contributed by atoms with Crippen molar-refractivity contribution in [3.05, 3.63) is 52.2 Å². The maximum atomic E-state index is 13.4. The van der Waals surface area contributed by atoms with Crippen LogP contribution in [0.3, 0.4) is 0 Å². The zero-order valence-corrected chi connectivity index (χ0v) is 12.2. The number of aromatic nitrogens is 2. The van der Waals surface area contributed by atoms with Gasteiger partial charge in [0.1, 0.15) is 5.82 Å². The molecule has 1 spiro atoms. The third-order valence-corrected chi connectivity index (χ3v) is 4.72. The van der Waals surface area contributed by atoms with Crippen molar-refractivity contribution in [1.82, 2.24) is 9.55 Å². The van der Waals surface area contributed by atoms with E-state index in [0.29, 0.717) is 17.6 Å². The van der Waals surface area contributed by atoms with Crippen LogP contribution in [0.25, 0.3) is 11.0 Å². The van der Waals surface area contributed by atoms with Crippen molar-refractivity contribution in [1.29, 1.82) is 0 Å². The van der Waals surface area contributed by atoms with E-state index < -0.39 is 5.82 Å². The highest BCUT2D eigenvalue weighted by molar-refractivity contribution is 5.74. The van der Waals surface area contributed by atoms with Gasteiger partial charge in [-0.3, -0.25) is 9.78 Å². The van der Waals surface area contributed by atoms with Crippen molar-refractivity contribution >= 4 is 11.0 Å². The summed E-state index contributed by atoms with van der Waals surface area (Å²) in [5, 5.41) is 0. The van der Waals surface area contributed by atoms with Gasteiger partial charge in [0.05, 0.1) is 29.4 Å². The summed E-state index contributed by atoms with van der Waals surface area (Å²) in [6, 6.07) is 4.49. The molecule has 1 saturated carbocycles. The first-order valence-electron chi connectivity index (χ1n) is 7.62. The van der Waals surface area contributed by atoms with Crippen molar-refractivity contribution in [2.45, 2.75) is 37.8 Å². The molecule has 0 radical (unpaired) electrons. The molecular formula is C17H17FN2O2. The van der Waals surface area contributed by atoms with Gasteiger partial charge >= 0.3 is 0 Å². The summed E-state index contributed by atoms with van der Waals surface area (Å²) >= 11 is 0.